The van der Waals surface area contributed by atoms with Gasteiger partial charge >= 0.3 is 0 Å². The zero-order valence-corrected chi connectivity index (χ0v) is 27.1. The first kappa shape index (κ1) is 30.2. The summed E-state index contributed by atoms with van der Waals surface area (Å²) in [5, 5.41) is 3.18. The molecule has 4 aromatic carbocycles. The summed E-state index contributed by atoms with van der Waals surface area (Å²) < 4.78 is 0. The average molecular weight is 613 g/mol. The summed E-state index contributed by atoms with van der Waals surface area (Å²) in [6, 6.07) is 31.8. The van der Waals surface area contributed by atoms with E-state index >= 15 is 0 Å². The third-order valence-electron chi connectivity index (χ3n) is 10.3. The molecule has 0 radical (unpaired) electrons. The van der Waals surface area contributed by atoms with Crippen LogP contribution < -0.4 is 10.2 Å². The van der Waals surface area contributed by atoms with Gasteiger partial charge in [0.2, 0.25) is 5.91 Å². The molecule has 4 aromatic rings. The molecule has 2 heterocycles. The van der Waals surface area contributed by atoms with Gasteiger partial charge in [-0.15, -0.1) is 0 Å². The molecule has 7 rings (SSSR count). The van der Waals surface area contributed by atoms with Gasteiger partial charge in [0.25, 0.3) is 5.91 Å². The van der Waals surface area contributed by atoms with Crippen molar-refractivity contribution in [2.24, 2.45) is 0 Å². The predicted molar refractivity (Wildman–Crippen MR) is 185 cm³/mol. The van der Waals surface area contributed by atoms with E-state index in [0.717, 1.165) is 86.5 Å². The minimum absolute atomic E-state index is 0.108. The summed E-state index contributed by atoms with van der Waals surface area (Å²) in [7, 11) is 0. The fourth-order valence-corrected chi connectivity index (χ4v) is 7.95. The number of carbonyl (C=O) groups excluding carboxylic acids is 2. The standard InChI is InChI=1S/C40H44N4O2/c1-3-41-39(46)40(36-14-6-4-12-33(36)34-13-5-7-15-37(34)40)19-9-20-42-22-24-43(25-23-42)32-17-16-31-18-21-44(38(45)35(31)27-32)28-30-11-8-10-29(2)26-30/h4-8,10-17,26-27H,3,9,18-25,28H2,1-2H3,(H,41,46). The van der Waals surface area contributed by atoms with Crippen molar-refractivity contribution in [1.29, 1.82) is 0 Å². The van der Waals surface area contributed by atoms with Gasteiger partial charge in [0.05, 0.1) is 0 Å². The van der Waals surface area contributed by atoms with Gasteiger partial charge in [-0.05, 0) is 85.2 Å². The first-order valence-corrected chi connectivity index (χ1v) is 16.9. The maximum atomic E-state index is 13.9. The van der Waals surface area contributed by atoms with Crippen LogP contribution in [0.3, 0.4) is 0 Å². The number of piperazine rings is 1. The van der Waals surface area contributed by atoms with Gasteiger partial charge in [-0.3, -0.25) is 14.5 Å². The third kappa shape index (κ3) is 5.49. The second kappa shape index (κ2) is 12.8. The molecular weight excluding hydrogens is 568 g/mol. The Kier molecular flexibility index (Phi) is 8.39. The second-order valence-electron chi connectivity index (χ2n) is 13.1. The molecule has 236 valence electrons. The van der Waals surface area contributed by atoms with E-state index in [0.29, 0.717) is 13.1 Å². The maximum Gasteiger partial charge on any atom is 0.254 e. The smallest absolute Gasteiger partial charge is 0.254 e. The Morgan fingerprint density at radius 3 is 2.22 bits per heavy atom. The van der Waals surface area contributed by atoms with Crippen LogP contribution >= 0.6 is 0 Å². The van der Waals surface area contributed by atoms with Crippen LogP contribution in [-0.2, 0) is 23.2 Å². The zero-order valence-electron chi connectivity index (χ0n) is 27.1. The van der Waals surface area contributed by atoms with Crippen LogP contribution in [0.25, 0.3) is 11.1 Å². The van der Waals surface area contributed by atoms with Crippen LogP contribution in [0.2, 0.25) is 0 Å². The van der Waals surface area contributed by atoms with E-state index < -0.39 is 5.41 Å². The van der Waals surface area contributed by atoms with Gasteiger partial charge in [0.15, 0.2) is 0 Å². The highest BCUT2D eigenvalue weighted by Gasteiger charge is 2.48. The Balaban J connectivity index is 0.999. The van der Waals surface area contributed by atoms with Gasteiger partial charge in [-0.2, -0.15) is 0 Å². The van der Waals surface area contributed by atoms with Crippen molar-refractivity contribution in [3.8, 4) is 11.1 Å². The van der Waals surface area contributed by atoms with Crippen molar-refractivity contribution < 1.29 is 9.59 Å². The number of likely N-dealkylation sites (N-methyl/N-ethyl adjacent to an activating group) is 1. The highest BCUT2D eigenvalue weighted by molar-refractivity contribution is 6.00. The highest BCUT2D eigenvalue weighted by Crippen LogP contribution is 2.51. The van der Waals surface area contributed by atoms with Crippen LogP contribution in [-0.4, -0.2) is 67.4 Å². The molecule has 0 aromatic heterocycles. The van der Waals surface area contributed by atoms with Crippen molar-refractivity contribution in [2.45, 2.75) is 45.1 Å². The van der Waals surface area contributed by atoms with E-state index in [2.05, 4.69) is 113 Å². The lowest BCUT2D eigenvalue weighted by Gasteiger charge is -2.37. The van der Waals surface area contributed by atoms with E-state index in [1.54, 1.807) is 0 Å². The molecule has 0 bridgehead atoms. The van der Waals surface area contributed by atoms with Gasteiger partial charge in [0.1, 0.15) is 5.41 Å². The second-order valence-corrected chi connectivity index (χ2v) is 13.1. The number of nitrogens with one attached hydrogen (secondary N) is 1. The van der Waals surface area contributed by atoms with Gasteiger partial charge in [-0.1, -0.05) is 84.4 Å². The van der Waals surface area contributed by atoms with Crippen molar-refractivity contribution in [3.05, 3.63) is 124 Å². The molecule has 46 heavy (non-hydrogen) atoms. The van der Waals surface area contributed by atoms with Crippen LogP contribution in [0.4, 0.5) is 5.69 Å². The van der Waals surface area contributed by atoms with Crippen LogP contribution in [0, 0.1) is 6.92 Å². The number of aryl methyl sites for hydroxylation is 1. The lowest BCUT2D eigenvalue weighted by molar-refractivity contribution is -0.125. The van der Waals surface area contributed by atoms with Crippen molar-refractivity contribution in [1.82, 2.24) is 15.1 Å². The minimum Gasteiger partial charge on any atom is -0.369 e. The van der Waals surface area contributed by atoms with Gasteiger partial charge in [0, 0.05) is 57.1 Å². The lowest BCUT2D eigenvalue weighted by atomic mass is 9.73. The first-order valence-electron chi connectivity index (χ1n) is 16.9. The molecule has 3 aliphatic rings. The molecule has 2 amide bonds. The van der Waals surface area contributed by atoms with E-state index in [-0.39, 0.29) is 11.8 Å². The number of anilines is 1. The summed E-state index contributed by atoms with van der Waals surface area (Å²) in [6.07, 6.45) is 2.61. The zero-order chi connectivity index (χ0) is 31.7. The quantitative estimate of drug-likeness (QED) is 0.245. The number of amides is 2. The lowest BCUT2D eigenvalue weighted by Crippen LogP contribution is -2.48. The number of nitrogens with zero attached hydrogens (tertiary/aromatic N) is 3. The number of carbonyl (C=O) groups is 2. The Labute approximate surface area is 273 Å². The number of hydrogen-bond acceptors (Lipinski definition) is 4. The topological polar surface area (TPSA) is 55.9 Å². The Morgan fingerprint density at radius 2 is 1.52 bits per heavy atom. The van der Waals surface area contributed by atoms with E-state index in [4.69, 9.17) is 0 Å². The van der Waals surface area contributed by atoms with E-state index in [1.165, 1.54) is 22.3 Å². The summed E-state index contributed by atoms with van der Waals surface area (Å²) in [5.41, 5.74) is 9.52. The minimum atomic E-state index is -0.659. The van der Waals surface area contributed by atoms with Crippen LogP contribution in [0.15, 0.2) is 91.0 Å². The van der Waals surface area contributed by atoms with Gasteiger partial charge in [-0.25, -0.2) is 0 Å². The maximum absolute atomic E-state index is 13.9. The largest absolute Gasteiger partial charge is 0.369 e. The summed E-state index contributed by atoms with van der Waals surface area (Å²) >= 11 is 0. The molecule has 6 heteroatoms. The van der Waals surface area contributed by atoms with Crippen molar-refractivity contribution in [3.63, 3.8) is 0 Å². The average Bonchev–Trinajstić information content (AvgIpc) is 3.37. The highest BCUT2D eigenvalue weighted by atomic mass is 16.2. The molecule has 1 aliphatic carbocycles. The molecule has 0 saturated carbocycles. The molecule has 0 atom stereocenters. The Bertz CT molecular complexity index is 1710. The SMILES string of the molecule is CCNC(=O)C1(CCCN2CCN(c3ccc4c(c3)C(=O)N(Cc3cccc(C)c3)CC4)CC2)c2ccccc2-c2ccccc21. The fraction of sp³-hybridized carbons (Fsp3) is 0.350. The molecule has 2 aliphatic heterocycles. The molecule has 0 spiro atoms. The number of hydrogen-bond donors (Lipinski definition) is 1. The fourth-order valence-electron chi connectivity index (χ4n) is 7.95. The first-order chi connectivity index (χ1) is 22.5. The van der Waals surface area contributed by atoms with E-state index in [9.17, 15) is 9.59 Å². The predicted octanol–water partition coefficient (Wildman–Crippen LogP) is 6.20. The molecule has 1 fully saturated rings. The molecule has 1 saturated heterocycles. The molecular formula is C40H44N4O2. The molecule has 0 unspecified atom stereocenters. The third-order valence-corrected chi connectivity index (χ3v) is 10.3. The normalized spacial score (nSPS) is 17.0. The number of rotatable bonds is 9. The Hall–Kier alpha value is -4.42. The monoisotopic (exact) mass is 612 g/mol. The Morgan fingerprint density at radius 1 is 0.804 bits per heavy atom. The van der Waals surface area contributed by atoms with Crippen molar-refractivity contribution in [2.75, 3.05) is 50.7 Å². The molecule has 6 nitrogen and oxygen atoms in total. The summed E-state index contributed by atoms with van der Waals surface area (Å²) in [6.45, 7) is 10.9. The van der Waals surface area contributed by atoms with Crippen molar-refractivity contribution >= 4 is 17.5 Å². The number of benzene rings is 4. The summed E-state index contributed by atoms with van der Waals surface area (Å²) in [5.74, 6) is 0.246. The summed E-state index contributed by atoms with van der Waals surface area (Å²) in [4.78, 5) is 34.4. The molecule has 1 N–H and O–H groups in total. The van der Waals surface area contributed by atoms with Crippen LogP contribution in [0.5, 0.6) is 0 Å². The van der Waals surface area contributed by atoms with Gasteiger partial charge < -0.3 is 15.1 Å². The van der Waals surface area contributed by atoms with E-state index in [1.807, 2.05) is 11.8 Å². The van der Waals surface area contributed by atoms with Crippen LogP contribution in [0.1, 0.15) is 57.9 Å². The number of fused-ring (bicyclic) bond motifs is 4.